The molecule has 0 amide bonds. The summed E-state index contributed by atoms with van der Waals surface area (Å²) in [6.07, 6.45) is 1.92. The van der Waals surface area contributed by atoms with Gasteiger partial charge in [0.05, 0.1) is 12.8 Å². The molecule has 2 heterocycles. The second-order valence-electron chi connectivity index (χ2n) is 9.26. The first kappa shape index (κ1) is 29.2. The van der Waals surface area contributed by atoms with Gasteiger partial charge in [-0.1, -0.05) is 0 Å². The third-order valence-corrected chi connectivity index (χ3v) is 6.51. The van der Waals surface area contributed by atoms with Crippen LogP contribution in [-0.2, 0) is 9.53 Å². The molecule has 1 aliphatic heterocycles. The molecule has 0 spiro atoms. The number of pyridine rings is 1. The number of amidine groups is 1. The van der Waals surface area contributed by atoms with Crippen molar-refractivity contribution in [3.8, 4) is 28.9 Å². The number of hydrogen-bond acceptors (Lipinski definition) is 10. The second-order valence-corrected chi connectivity index (χ2v) is 9.26. The Hall–Kier alpha value is -4.78. The third kappa shape index (κ3) is 6.19. The van der Waals surface area contributed by atoms with Gasteiger partial charge in [-0.05, 0) is 57.3 Å². The summed E-state index contributed by atoms with van der Waals surface area (Å²) in [4.78, 5) is 24.1. The lowest BCUT2D eigenvalue weighted by atomic mass is 10.1. The van der Waals surface area contributed by atoms with Crippen LogP contribution in [0.1, 0.15) is 31.1 Å². The van der Waals surface area contributed by atoms with Crippen LogP contribution in [0, 0.1) is 17.0 Å². The number of hydrogen-bond donors (Lipinski definition) is 3. The van der Waals surface area contributed by atoms with Crippen molar-refractivity contribution in [1.29, 1.82) is 5.41 Å². The molecule has 4 rings (SSSR count). The number of carbonyl (C=O) groups excluding carboxylic acids is 1. The molecule has 2 atom stereocenters. The summed E-state index contributed by atoms with van der Waals surface area (Å²) < 4.78 is 46.8. The number of nitrogens with zero attached hydrogens (tertiary/aromatic N) is 4. The molecule has 4 N–H and O–H groups in total. The number of aromatic hydroxyl groups is 1. The van der Waals surface area contributed by atoms with E-state index >= 15 is 4.39 Å². The molecule has 1 aliphatic rings. The number of ether oxygens (including phenoxy) is 3. The lowest BCUT2D eigenvalue weighted by Crippen LogP contribution is -2.37. The highest BCUT2D eigenvalue weighted by atomic mass is 19.1. The Labute approximate surface area is 235 Å². The lowest BCUT2D eigenvalue weighted by Gasteiger charge is -2.28. The number of phenolic OH excluding ortho intramolecular Hbond substituents is 1. The molecular formula is C28H30F2N6O5. The number of phenols is 1. The van der Waals surface area contributed by atoms with Gasteiger partial charge in [0.1, 0.15) is 23.8 Å². The SMILES string of the molecule is CCOC(=O)C(C)N(C)c1ccc(Oc2c(F)cnc(Oc3cc(C(=N)N)ccc3O)c2F)c(C2N=CCN2C)c1. The van der Waals surface area contributed by atoms with Crippen LogP contribution in [0.2, 0.25) is 0 Å². The van der Waals surface area contributed by atoms with Crippen molar-refractivity contribution in [3.05, 3.63) is 65.4 Å². The Balaban J connectivity index is 1.71. The standard InChI is InChI=1S/C28H30F2N6O5/c1-5-39-28(38)15(2)36(4)17-7-9-21(18(13-17)26-33-10-11-35(26)3)40-24-19(29)14-34-27(23(24)30)41-22-12-16(25(31)32)6-8-20(22)37/h6-10,12-15,26,37H,5,11H2,1-4H3,(H3,31,32). The van der Waals surface area contributed by atoms with Crippen molar-refractivity contribution in [1.82, 2.24) is 9.88 Å². The fraction of sp³-hybridized carbons (Fsp3) is 0.286. The number of anilines is 1. The maximum absolute atomic E-state index is 15.6. The van der Waals surface area contributed by atoms with E-state index in [0.29, 0.717) is 17.8 Å². The van der Waals surface area contributed by atoms with Crippen LogP contribution in [0.3, 0.4) is 0 Å². The molecule has 0 fully saturated rings. The first-order chi connectivity index (χ1) is 19.5. The van der Waals surface area contributed by atoms with Gasteiger partial charge in [0.25, 0.3) is 5.88 Å². The van der Waals surface area contributed by atoms with Crippen molar-refractivity contribution in [2.75, 3.05) is 32.1 Å². The maximum Gasteiger partial charge on any atom is 0.328 e. The van der Waals surface area contributed by atoms with Gasteiger partial charge in [0, 0.05) is 36.6 Å². The number of nitrogens with two attached hydrogens (primary N) is 1. The summed E-state index contributed by atoms with van der Waals surface area (Å²) >= 11 is 0. The van der Waals surface area contributed by atoms with Gasteiger partial charge in [-0.25, -0.2) is 14.2 Å². The zero-order valence-corrected chi connectivity index (χ0v) is 22.9. The highest BCUT2D eigenvalue weighted by Gasteiger charge is 2.28. The van der Waals surface area contributed by atoms with Crippen molar-refractivity contribution >= 4 is 23.7 Å². The Bertz CT molecular complexity index is 1500. The normalized spacial score (nSPS) is 15.4. The van der Waals surface area contributed by atoms with E-state index in [-0.39, 0.29) is 35.3 Å². The molecule has 41 heavy (non-hydrogen) atoms. The van der Waals surface area contributed by atoms with Gasteiger partial charge in [-0.3, -0.25) is 15.3 Å². The minimum absolute atomic E-state index is 0.109. The minimum atomic E-state index is -1.26. The quantitative estimate of drug-likeness (QED) is 0.185. The Morgan fingerprint density at radius 1 is 1.24 bits per heavy atom. The third-order valence-electron chi connectivity index (χ3n) is 6.51. The number of nitrogens with one attached hydrogen (secondary N) is 1. The van der Waals surface area contributed by atoms with Crippen LogP contribution in [0.25, 0.3) is 0 Å². The summed E-state index contributed by atoms with van der Waals surface area (Å²) in [6, 6.07) is 8.13. The van der Waals surface area contributed by atoms with E-state index in [0.717, 1.165) is 6.20 Å². The number of benzene rings is 2. The van der Waals surface area contributed by atoms with E-state index in [1.54, 1.807) is 44.1 Å². The van der Waals surface area contributed by atoms with Gasteiger partial charge in [0.2, 0.25) is 11.6 Å². The maximum atomic E-state index is 15.6. The van der Waals surface area contributed by atoms with Crippen LogP contribution in [0.15, 0.2) is 47.6 Å². The number of aromatic nitrogens is 1. The summed E-state index contributed by atoms with van der Waals surface area (Å²) in [7, 11) is 3.56. The van der Waals surface area contributed by atoms with Crippen LogP contribution >= 0.6 is 0 Å². The average Bonchev–Trinajstić information content (AvgIpc) is 3.38. The lowest BCUT2D eigenvalue weighted by molar-refractivity contribution is -0.144. The molecule has 0 bridgehead atoms. The number of carbonyl (C=O) groups is 1. The topological polar surface area (TPSA) is 147 Å². The van der Waals surface area contributed by atoms with E-state index in [2.05, 4.69) is 9.98 Å². The molecule has 11 nitrogen and oxygen atoms in total. The fourth-order valence-electron chi connectivity index (χ4n) is 4.08. The van der Waals surface area contributed by atoms with Gasteiger partial charge in [-0.2, -0.15) is 4.39 Å². The highest BCUT2D eigenvalue weighted by molar-refractivity contribution is 5.95. The first-order valence-corrected chi connectivity index (χ1v) is 12.6. The summed E-state index contributed by atoms with van der Waals surface area (Å²) in [5.41, 5.74) is 6.82. The fourth-order valence-corrected chi connectivity index (χ4v) is 4.08. The molecule has 3 aromatic rings. The summed E-state index contributed by atoms with van der Waals surface area (Å²) in [5.74, 6) is -5.02. The summed E-state index contributed by atoms with van der Waals surface area (Å²) in [5, 5.41) is 17.7. The summed E-state index contributed by atoms with van der Waals surface area (Å²) in [6.45, 7) is 4.22. The molecule has 216 valence electrons. The van der Waals surface area contributed by atoms with E-state index in [4.69, 9.17) is 25.4 Å². The van der Waals surface area contributed by atoms with E-state index in [1.165, 1.54) is 24.3 Å². The molecule has 0 saturated heterocycles. The number of likely N-dealkylation sites (N-methyl/N-ethyl adjacent to an activating group) is 1. The predicted molar refractivity (Wildman–Crippen MR) is 148 cm³/mol. The van der Waals surface area contributed by atoms with Crippen LogP contribution in [-0.4, -0.2) is 66.3 Å². The van der Waals surface area contributed by atoms with Crippen molar-refractivity contribution in [3.63, 3.8) is 0 Å². The molecule has 0 saturated carbocycles. The van der Waals surface area contributed by atoms with Gasteiger partial charge >= 0.3 is 5.97 Å². The van der Waals surface area contributed by atoms with E-state index in [1.807, 2.05) is 11.9 Å². The molecule has 2 unspecified atom stereocenters. The second kappa shape index (κ2) is 12.2. The largest absolute Gasteiger partial charge is 0.504 e. The number of nitrogen functional groups attached to an aromatic ring is 1. The molecule has 1 aromatic heterocycles. The highest BCUT2D eigenvalue weighted by Crippen LogP contribution is 2.41. The van der Waals surface area contributed by atoms with Gasteiger partial charge in [0.15, 0.2) is 17.3 Å². The Morgan fingerprint density at radius 3 is 2.66 bits per heavy atom. The van der Waals surface area contributed by atoms with Crippen molar-refractivity contribution < 1.29 is 32.9 Å². The Morgan fingerprint density at radius 2 is 2.00 bits per heavy atom. The number of halogens is 2. The molecule has 0 radical (unpaired) electrons. The smallest absolute Gasteiger partial charge is 0.328 e. The monoisotopic (exact) mass is 568 g/mol. The average molecular weight is 569 g/mol. The molecule has 2 aromatic carbocycles. The van der Waals surface area contributed by atoms with Gasteiger partial charge in [-0.15, -0.1) is 0 Å². The zero-order valence-electron chi connectivity index (χ0n) is 22.9. The molecule has 13 heteroatoms. The minimum Gasteiger partial charge on any atom is -0.504 e. The van der Waals surface area contributed by atoms with Crippen LogP contribution < -0.4 is 20.1 Å². The van der Waals surface area contributed by atoms with Crippen LogP contribution in [0.5, 0.6) is 28.9 Å². The molecule has 0 aliphatic carbocycles. The molecular weight excluding hydrogens is 538 g/mol. The zero-order chi connectivity index (χ0) is 29.8. The first-order valence-electron chi connectivity index (χ1n) is 12.6. The number of aliphatic imine (C=N–C) groups is 1. The van der Waals surface area contributed by atoms with Crippen LogP contribution in [0.4, 0.5) is 14.5 Å². The van der Waals surface area contributed by atoms with Crippen molar-refractivity contribution in [2.45, 2.75) is 26.1 Å². The number of rotatable bonds is 10. The number of esters is 1. The predicted octanol–water partition coefficient (Wildman–Crippen LogP) is 4.34. The van der Waals surface area contributed by atoms with Crippen molar-refractivity contribution in [2.24, 2.45) is 10.7 Å². The van der Waals surface area contributed by atoms with E-state index in [9.17, 15) is 14.3 Å². The Kier molecular flexibility index (Phi) is 8.67. The van der Waals surface area contributed by atoms with E-state index < -0.39 is 41.4 Å². The van der Waals surface area contributed by atoms with Gasteiger partial charge < -0.3 is 30.0 Å².